The summed E-state index contributed by atoms with van der Waals surface area (Å²) in [6, 6.07) is 3.50. The van der Waals surface area contributed by atoms with Crippen LogP contribution < -0.4 is 5.56 Å². The average Bonchev–Trinajstić information content (AvgIpc) is 2.17. The van der Waals surface area contributed by atoms with Gasteiger partial charge in [-0.15, -0.1) is 0 Å². The summed E-state index contributed by atoms with van der Waals surface area (Å²) in [6.45, 7) is 6.15. The van der Waals surface area contributed by atoms with Gasteiger partial charge in [-0.25, -0.2) is 4.98 Å². The number of aromatic nitrogens is 3. The summed E-state index contributed by atoms with van der Waals surface area (Å²) >= 11 is 0. The van der Waals surface area contributed by atoms with Crippen LogP contribution in [0.4, 0.5) is 0 Å². The highest BCUT2D eigenvalue weighted by atomic mass is 16.1. The van der Waals surface area contributed by atoms with Gasteiger partial charge < -0.3 is 4.57 Å². The molecule has 0 N–H and O–H groups in total. The molecule has 0 aromatic carbocycles. The van der Waals surface area contributed by atoms with Crippen molar-refractivity contribution in [2.45, 2.75) is 26.3 Å². The lowest BCUT2D eigenvalue weighted by molar-refractivity contribution is 0.401. The van der Waals surface area contributed by atoms with Gasteiger partial charge in [-0.3, -0.25) is 4.79 Å². The summed E-state index contributed by atoms with van der Waals surface area (Å²) in [5, 5.41) is 0.565. The maximum absolute atomic E-state index is 11.5. The van der Waals surface area contributed by atoms with E-state index in [0.29, 0.717) is 11.0 Å². The zero-order valence-electron chi connectivity index (χ0n) is 9.06. The molecule has 0 aliphatic heterocycles. The predicted molar refractivity (Wildman–Crippen MR) is 58.8 cm³/mol. The third kappa shape index (κ3) is 1.63. The maximum Gasteiger partial charge on any atom is 0.282 e. The van der Waals surface area contributed by atoms with Crippen molar-refractivity contribution >= 4 is 11.0 Å². The quantitative estimate of drug-likeness (QED) is 0.652. The van der Waals surface area contributed by atoms with E-state index in [1.165, 1.54) is 0 Å². The fraction of sp³-hybridized carbons (Fsp3) is 0.364. The molecule has 0 radical (unpaired) electrons. The van der Waals surface area contributed by atoms with Crippen LogP contribution in [0, 0.1) is 0 Å². The van der Waals surface area contributed by atoms with Gasteiger partial charge in [0, 0.05) is 11.7 Å². The first-order valence-electron chi connectivity index (χ1n) is 4.83. The third-order valence-electron chi connectivity index (χ3n) is 2.26. The maximum atomic E-state index is 11.5. The highest BCUT2D eigenvalue weighted by molar-refractivity contribution is 5.73. The molecule has 4 nitrogen and oxygen atoms in total. The molecular weight excluding hydrogens is 190 g/mol. The van der Waals surface area contributed by atoms with Gasteiger partial charge in [-0.2, -0.15) is 4.98 Å². The SMILES string of the molecule is CC(C)(C)n1cnc(=O)c2cccnc21. The Hall–Kier alpha value is -1.71. The van der Waals surface area contributed by atoms with Crippen LogP contribution in [0.3, 0.4) is 0 Å². The van der Waals surface area contributed by atoms with Gasteiger partial charge in [0.05, 0.1) is 5.39 Å². The summed E-state index contributed by atoms with van der Waals surface area (Å²) < 4.78 is 1.91. The van der Waals surface area contributed by atoms with Crippen molar-refractivity contribution in [1.82, 2.24) is 14.5 Å². The fourth-order valence-corrected chi connectivity index (χ4v) is 1.48. The average molecular weight is 203 g/mol. The predicted octanol–water partition coefficient (Wildman–Crippen LogP) is 1.55. The molecule has 2 aromatic rings. The molecule has 0 aliphatic carbocycles. The second-order valence-corrected chi connectivity index (χ2v) is 4.47. The van der Waals surface area contributed by atoms with Crippen LogP contribution in [0.25, 0.3) is 11.0 Å². The van der Waals surface area contributed by atoms with Crippen molar-refractivity contribution in [3.63, 3.8) is 0 Å². The van der Waals surface area contributed by atoms with Gasteiger partial charge in [0.25, 0.3) is 5.56 Å². The van der Waals surface area contributed by atoms with Crippen LogP contribution in [-0.4, -0.2) is 14.5 Å². The minimum atomic E-state index is -0.224. The third-order valence-corrected chi connectivity index (χ3v) is 2.26. The number of hydrogen-bond donors (Lipinski definition) is 0. The normalized spacial score (nSPS) is 11.9. The van der Waals surface area contributed by atoms with E-state index in [4.69, 9.17) is 0 Å². The lowest BCUT2D eigenvalue weighted by Crippen LogP contribution is -2.26. The summed E-state index contributed by atoms with van der Waals surface area (Å²) in [5.74, 6) is 0. The Labute approximate surface area is 87.6 Å². The van der Waals surface area contributed by atoms with Crippen molar-refractivity contribution in [1.29, 1.82) is 0 Å². The Balaban J connectivity index is 2.90. The van der Waals surface area contributed by atoms with Gasteiger partial charge in [-0.05, 0) is 32.9 Å². The monoisotopic (exact) mass is 203 g/mol. The molecular formula is C11H13N3O. The molecule has 0 spiro atoms. The van der Waals surface area contributed by atoms with Gasteiger partial charge in [-0.1, -0.05) is 0 Å². The molecule has 2 aromatic heterocycles. The van der Waals surface area contributed by atoms with E-state index in [-0.39, 0.29) is 11.1 Å². The lowest BCUT2D eigenvalue weighted by Gasteiger charge is -2.23. The zero-order valence-corrected chi connectivity index (χ0v) is 9.06. The van der Waals surface area contributed by atoms with Crippen LogP contribution in [0.1, 0.15) is 20.8 Å². The fourth-order valence-electron chi connectivity index (χ4n) is 1.48. The summed E-state index contributed by atoms with van der Waals surface area (Å²) in [4.78, 5) is 19.6. The number of nitrogens with zero attached hydrogens (tertiary/aromatic N) is 3. The molecule has 0 saturated heterocycles. The molecule has 0 aliphatic rings. The number of rotatable bonds is 0. The Bertz CT molecular complexity index is 551. The second-order valence-electron chi connectivity index (χ2n) is 4.47. The molecule has 2 heterocycles. The van der Waals surface area contributed by atoms with Gasteiger partial charge in [0.1, 0.15) is 12.0 Å². The van der Waals surface area contributed by atoms with Crippen molar-refractivity contribution in [3.05, 3.63) is 35.0 Å². The molecule has 0 atom stereocenters. The highest BCUT2D eigenvalue weighted by Crippen LogP contribution is 2.17. The number of fused-ring (bicyclic) bond motifs is 1. The number of hydrogen-bond acceptors (Lipinski definition) is 3. The van der Waals surface area contributed by atoms with E-state index in [0.717, 1.165) is 0 Å². The molecule has 15 heavy (non-hydrogen) atoms. The minimum Gasteiger partial charge on any atom is -0.311 e. The first-order chi connectivity index (χ1) is 7.00. The van der Waals surface area contributed by atoms with E-state index in [9.17, 15) is 4.79 Å². The van der Waals surface area contributed by atoms with Crippen LogP contribution in [0.15, 0.2) is 29.5 Å². The molecule has 2 rings (SSSR count). The molecule has 0 bridgehead atoms. The topological polar surface area (TPSA) is 47.8 Å². The summed E-state index contributed by atoms with van der Waals surface area (Å²) in [6.07, 6.45) is 3.24. The molecule has 0 amide bonds. The Morgan fingerprint density at radius 1 is 1.27 bits per heavy atom. The van der Waals surface area contributed by atoms with Crippen molar-refractivity contribution in [3.8, 4) is 0 Å². The van der Waals surface area contributed by atoms with Crippen molar-refractivity contribution < 1.29 is 0 Å². The van der Waals surface area contributed by atoms with Crippen LogP contribution in [0.5, 0.6) is 0 Å². The molecule has 4 heteroatoms. The largest absolute Gasteiger partial charge is 0.311 e. The molecule has 0 unspecified atom stereocenters. The second kappa shape index (κ2) is 3.15. The highest BCUT2D eigenvalue weighted by Gasteiger charge is 2.16. The van der Waals surface area contributed by atoms with Crippen LogP contribution in [-0.2, 0) is 5.54 Å². The van der Waals surface area contributed by atoms with E-state index < -0.39 is 0 Å². The van der Waals surface area contributed by atoms with Gasteiger partial charge in [0.15, 0.2) is 0 Å². The van der Waals surface area contributed by atoms with E-state index in [2.05, 4.69) is 9.97 Å². The van der Waals surface area contributed by atoms with E-state index >= 15 is 0 Å². The molecule has 0 saturated carbocycles. The van der Waals surface area contributed by atoms with E-state index in [1.807, 2.05) is 25.3 Å². The standard InChI is InChI=1S/C11H13N3O/c1-11(2,3)14-7-13-10(15)8-5-4-6-12-9(8)14/h4-7H,1-3H3. The Kier molecular flexibility index (Phi) is 2.07. The molecule has 78 valence electrons. The lowest BCUT2D eigenvalue weighted by atomic mass is 10.1. The summed E-state index contributed by atoms with van der Waals surface area (Å²) in [7, 11) is 0. The first-order valence-corrected chi connectivity index (χ1v) is 4.83. The van der Waals surface area contributed by atoms with Gasteiger partial charge >= 0.3 is 0 Å². The van der Waals surface area contributed by atoms with Crippen molar-refractivity contribution in [2.75, 3.05) is 0 Å². The van der Waals surface area contributed by atoms with Gasteiger partial charge in [0.2, 0.25) is 0 Å². The first kappa shape index (κ1) is 9.83. The zero-order chi connectivity index (χ0) is 11.1. The Morgan fingerprint density at radius 2 is 2.00 bits per heavy atom. The van der Waals surface area contributed by atoms with E-state index in [1.54, 1.807) is 24.7 Å². The van der Waals surface area contributed by atoms with Crippen molar-refractivity contribution in [2.24, 2.45) is 0 Å². The van der Waals surface area contributed by atoms with Crippen LogP contribution in [0.2, 0.25) is 0 Å². The minimum absolute atomic E-state index is 0.132. The number of pyridine rings is 1. The smallest absolute Gasteiger partial charge is 0.282 e. The molecule has 0 fully saturated rings. The van der Waals surface area contributed by atoms with Crippen LogP contribution >= 0.6 is 0 Å². The summed E-state index contributed by atoms with van der Waals surface area (Å²) in [5.41, 5.74) is 0.330. The Morgan fingerprint density at radius 3 is 2.67 bits per heavy atom.